The molecule has 0 spiro atoms. The summed E-state index contributed by atoms with van der Waals surface area (Å²) in [5.41, 5.74) is 11.7. The van der Waals surface area contributed by atoms with Crippen LogP contribution in [0.4, 0.5) is 17.1 Å². The molecule has 0 radical (unpaired) electrons. The molecule has 0 unspecified atom stereocenters. The van der Waals surface area contributed by atoms with Crippen LogP contribution in [-0.4, -0.2) is 24.5 Å². The Kier molecular flexibility index (Phi) is 6.96. The van der Waals surface area contributed by atoms with E-state index in [0.717, 1.165) is 51.9 Å². The number of hydrogen-bond acceptors (Lipinski definition) is 4. The van der Waals surface area contributed by atoms with Gasteiger partial charge < -0.3 is 15.8 Å². The van der Waals surface area contributed by atoms with Gasteiger partial charge >= 0.3 is 0 Å². The lowest BCUT2D eigenvalue weighted by Gasteiger charge is -2.15. The maximum atomic E-state index is 6.03. The third-order valence-corrected chi connectivity index (χ3v) is 7.10. The van der Waals surface area contributed by atoms with Crippen LogP contribution in [0, 0.1) is 0 Å². The summed E-state index contributed by atoms with van der Waals surface area (Å²) in [6.07, 6.45) is 4.16. The molecule has 1 heterocycles. The standard InChI is InChI=1S/C27H32N4OSi/c1-33(2,3)17-16-32-20-31-27-19-24(29-23-11-7-10-22(28)18-23)13-14-25(27)26(30-31)15-12-21-8-5-4-6-9-21/h4-15,18-19,29H,16-17,20,28H2,1-3H3. The summed E-state index contributed by atoms with van der Waals surface area (Å²) >= 11 is 0. The minimum absolute atomic E-state index is 0.432. The maximum Gasteiger partial charge on any atom is 0.140 e. The minimum Gasteiger partial charge on any atom is -0.399 e. The van der Waals surface area contributed by atoms with Crippen molar-refractivity contribution in [1.82, 2.24) is 9.78 Å². The zero-order valence-corrected chi connectivity index (χ0v) is 20.6. The fourth-order valence-electron chi connectivity index (χ4n) is 3.55. The Hall–Kier alpha value is -3.35. The van der Waals surface area contributed by atoms with E-state index in [2.05, 4.69) is 67.4 Å². The summed E-state index contributed by atoms with van der Waals surface area (Å²) in [6, 6.07) is 25.5. The van der Waals surface area contributed by atoms with E-state index in [9.17, 15) is 0 Å². The molecule has 170 valence electrons. The second-order valence-corrected chi connectivity index (χ2v) is 15.1. The SMILES string of the molecule is C[Si](C)(C)CCOCn1nc(C=Cc2ccccc2)c2ccc(Nc3cccc(N)c3)cc21. The molecule has 3 aromatic carbocycles. The number of aromatic nitrogens is 2. The van der Waals surface area contributed by atoms with Gasteiger partial charge in [-0.1, -0.05) is 62.1 Å². The first-order chi connectivity index (χ1) is 15.9. The van der Waals surface area contributed by atoms with Gasteiger partial charge in [-0.2, -0.15) is 5.10 Å². The summed E-state index contributed by atoms with van der Waals surface area (Å²) in [6.45, 7) is 8.27. The highest BCUT2D eigenvalue weighted by atomic mass is 28.3. The zero-order valence-electron chi connectivity index (χ0n) is 19.6. The molecule has 0 saturated carbocycles. The molecule has 3 N–H and O–H groups in total. The van der Waals surface area contributed by atoms with Crippen molar-refractivity contribution in [2.45, 2.75) is 32.4 Å². The number of hydrogen-bond donors (Lipinski definition) is 2. The van der Waals surface area contributed by atoms with Crippen LogP contribution < -0.4 is 11.1 Å². The molecule has 0 bridgehead atoms. The van der Waals surface area contributed by atoms with Gasteiger partial charge in [0.1, 0.15) is 6.73 Å². The third kappa shape index (κ3) is 6.34. The van der Waals surface area contributed by atoms with E-state index in [1.165, 1.54) is 0 Å². The summed E-state index contributed by atoms with van der Waals surface area (Å²) in [5, 5.41) is 9.40. The summed E-state index contributed by atoms with van der Waals surface area (Å²) in [7, 11) is -1.14. The Bertz CT molecular complexity index is 1240. The molecule has 0 aliphatic rings. The molecule has 0 fully saturated rings. The number of rotatable bonds is 9. The molecule has 6 heteroatoms. The summed E-state index contributed by atoms with van der Waals surface area (Å²) in [4.78, 5) is 0. The lowest BCUT2D eigenvalue weighted by atomic mass is 10.1. The largest absolute Gasteiger partial charge is 0.399 e. The van der Waals surface area contributed by atoms with E-state index in [1.807, 2.05) is 47.1 Å². The topological polar surface area (TPSA) is 65.1 Å². The number of nitrogen functional groups attached to an aromatic ring is 1. The van der Waals surface area contributed by atoms with Crippen LogP contribution in [0.2, 0.25) is 25.7 Å². The van der Waals surface area contributed by atoms with Gasteiger partial charge in [0, 0.05) is 37.1 Å². The number of nitrogens with two attached hydrogens (primary N) is 1. The maximum absolute atomic E-state index is 6.03. The Morgan fingerprint density at radius 3 is 2.48 bits per heavy atom. The molecule has 4 aromatic rings. The fraction of sp³-hybridized carbons (Fsp3) is 0.222. The molecular weight excluding hydrogens is 424 g/mol. The average Bonchev–Trinajstić information content (AvgIpc) is 3.12. The molecule has 33 heavy (non-hydrogen) atoms. The van der Waals surface area contributed by atoms with Gasteiger partial charge in [0.15, 0.2) is 0 Å². The van der Waals surface area contributed by atoms with Gasteiger partial charge in [0.2, 0.25) is 0 Å². The first-order valence-corrected chi connectivity index (χ1v) is 15.0. The summed E-state index contributed by atoms with van der Waals surface area (Å²) in [5.74, 6) is 0. The number of fused-ring (bicyclic) bond motifs is 1. The summed E-state index contributed by atoms with van der Waals surface area (Å²) < 4.78 is 7.98. The second kappa shape index (κ2) is 10.1. The molecule has 0 amide bonds. The Balaban J connectivity index is 1.62. The van der Waals surface area contributed by atoms with E-state index in [1.54, 1.807) is 0 Å². The number of nitrogens with zero attached hydrogens (tertiary/aromatic N) is 2. The fourth-order valence-corrected chi connectivity index (χ4v) is 4.31. The Morgan fingerprint density at radius 1 is 0.939 bits per heavy atom. The normalized spacial score (nSPS) is 12.0. The van der Waals surface area contributed by atoms with Crippen LogP contribution in [0.15, 0.2) is 72.8 Å². The van der Waals surface area contributed by atoms with Gasteiger partial charge in [-0.3, -0.25) is 0 Å². The molecule has 4 rings (SSSR count). The third-order valence-electron chi connectivity index (χ3n) is 5.40. The van der Waals surface area contributed by atoms with Crippen LogP contribution in [0.25, 0.3) is 23.1 Å². The van der Waals surface area contributed by atoms with Crippen LogP contribution in [0.5, 0.6) is 0 Å². The van der Waals surface area contributed by atoms with E-state index >= 15 is 0 Å². The first-order valence-electron chi connectivity index (χ1n) is 11.3. The molecule has 0 atom stereocenters. The minimum atomic E-state index is -1.14. The van der Waals surface area contributed by atoms with Crippen molar-refractivity contribution >= 4 is 48.2 Å². The van der Waals surface area contributed by atoms with Gasteiger partial charge in [-0.15, -0.1) is 0 Å². The van der Waals surface area contributed by atoms with Crippen LogP contribution in [-0.2, 0) is 11.5 Å². The molecule has 0 aliphatic carbocycles. The van der Waals surface area contributed by atoms with Gasteiger partial charge in [-0.05, 0) is 54.1 Å². The average molecular weight is 457 g/mol. The highest BCUT2D eigenvalue weighted by molar-refractivity contribution is 6.76. The Morgan fingerprint density at radius 2 is 1.73 bits per heavy atom. The number of anilines is 3. The van der Waals surface area contributed by atoms with E-state index in [4.69, 9.17) is 15.6 Å². The van der Waals surface area contributed by atoms with Crippen molar-refractivity contribution in [2.24, 2.45) is 0 Å². The van der Waals surface area contributed by atoms with Gasteiger partial charge in [0.05, 0.1) is 11.2 Å². The van der Waals surface area contributed by atoms with Crippen molar-refractivity contribution in [3.05, 3.63) is 84.1 Å². The van der Waals surface area contributed by atoms with Gasteiger partial charge in [-0.25, -0.2) is 4.68 Å². The first kappa shape index (κ1) is 22.8. The van der Waals surface area contributed by atoms with Crippen molar-refractivity contribution in [3.8, 4) is 0 Å². The van der Waals surface area contributed by atoms with E-state index in [-0.39, 0.29) is 0 Å². The molecule has 0 saturated heterocycles. The molecule has 1 aromatic heterocycles. The highest BCUT2D eigenvalue weighted by Gasteiger charge is 2.13. The van der Waals surface area contributed by atoms with Crippen LogP contribution in [0.1, 0.15) is 11.3 Å². The smallest absolute Gasteiger partial charge is 0.140 e. The van der Waals surface area contributed by atoms with E-state index < -0.39 is 8.07 Å². The van der Waals surface area contributed by atoms with Gasteiger partial charge in [0.25, 0.3) is 0 Å². The quantitative estimate of drug-likeness (QED) is 0.164. The van der Waals surface area contributed by atoms with E-state index in [0.29, 0.717) is 6.73 Å². The monoisotopic (exact) mass is 456 g/mol. The molecule has 0 aliphatic heterocycles. The molecular formula is C27H32N4OSi. The second-order valence-electron chi connectivity index (χ2n) is 9.46. The van der Waals surface area contributed by atoms with Crippen molar-refractivity contribution in [3.63, 3.8) is 0 Å². The predicted molar refractivity (Wildman–Crippen MR) is 143 cm³/mol. The Labute approximate surface area is 196 Å². The van der Waals surface area contributed by atoms with Crippen LogP contribution >= 0.6 is 0 Å². The van der Waals surface area contributed by atoms with Crippen molar-refractivity contribution in [2.75, 3.05) is 17.7 Å². The number of benzene rings is 3. The molecule has 5 nitrogen and oxygen atoms in total. The predicted octanol–water partition coefficient (Wildman–Crippen LogP) is 6.84. The van der Waals surface area contributed by atoms with Crippen molar-refractivity contribution < 1.29 is 4.74 Å². The lowest BCUT2D eigenvalue weighted by Crippen LogP contribution is -2.22. The lowest BCUT2D eigenvalue weighted by molar-refractivity contribution is 0.0816. The van der Waals surface area contributed by atoms with Crippen LogP contribution in [0.3, 0.4) is 0 Å². The highest BCUT2D eigenvalue weighted by Crippen LogP contribution is 2.27. The number of nitrogens with one attached hydrogen (secondary N) is 1. The number of ether oxygens (including phenoxy) is 1. The zero-order chi connectivity index (χ0) is 23.3. The van der Waals surface area contributed by atoms with Crippen molar-refractivity contribution in [1.29, 1.82) is 0 Å².